The molecule has 0 saturated heterocycles. The van der Waals surface area contributed by atoms with Crippen LogP contribution in [0.3, 0.4) is 0 Å². The molecule has 0 aliphatic carbocycles. The first-order valence-corrected chi connectivity index (χ1v) is 8.57. The molecule has 25 heavy (non-hydrogen) atoms. The fourth-order valence-corrected chi connectivity index (χ4v) is 2.58. The first kappa shape index (κ1) is 19.0. The van der Waals surface area contributed by atoms with E-state index in [2.05, 4.69) is 15.6 Å². The van der Waals surface area contributed by atoms with Crippen LogP contribution in [-0.4, -0.2) is 33.4 Å². The molecule has 2 amide bonds. The zero-order valence-corrected chi connectivity index (χ0v) is 15.3. The van der Waals surface area contributed by atoms with Crippen LogP contribution >= 0.6 is 11.6 Å². The number of carbonyl (C=O) groups is 2. The van der Waals surface area contributed by atoms with Crippen molar-refractivity contribution in [2.45, 2.75) is 39.4 Å². The second-order valence-corrected chi connectivity index (χ2v) is 6.81. The molecular formula is C18H23ClN4O2. The molecule has 1 aromatic heterocycles. The molecule has 0 bridgehead atoms. The van der Waals surface area contributed by atoms with Crippen LogP contribution in [0.15, 0.2) is 43.0 Å². The van der Waals surface area contributed by atoms with E-state index in [1.54, 1.807) is 36.8 Å². The topological polar surface area (TPSA) is 76.0 Å². The molecule has 6 nitrogen and oxygen atoms in total. The monoisotopic (exact) mass is 362 g/mol. The van der Waals surface area contributed by atoms with Crippen molar-refractivity contribution in [1.29, 1.82) is 0 Å². The number of amides is 2. The van der Waals surface area contributed by atoms with E-state index in [1.165, 1.54) is 0 Å². The van der Waals surface area contributed by atoms with Gasteiger partial charge in [-0.15, -0.1) is 0 Å². The van der Waals surface area contributed by atoms with E-state index in [0.717, 1.165) is 0 Å². The van der Waals surface area contributed by atoms with E-state index < -0.39 is 6.04 Å². The van der Waals surface area contributed by atoms with Gasteiger partial charge in [-0.05, 0) is 37.1 Å². The van der Waals surface area contributed by atoms with Crippen LogP contribution in [0.1, 0.15) is 31.1 Å². The summed E-state index contributed by atoms with van der Waals surface area (Å²) in [5.41, 5.74) is 0.467. The lowest BCUT2D eigenvalue weighted by Crippen LogP contribution is -2.52. The highest BCUT2D eigenvalue weighted by Gasteiger charge is 2.25. The van der Waals surface area contributed by atoms with Gasteiger partial charge in [-0.2, -0.15) is 0 Å². The molecule has 2 atom stereocenters. The van der Waals surface area contributed by atoms with Gasteiger partial charge in [-0.1, -0.05) is 25.4 Å². The Morgan fingerprint density at radius 1 is 1.16 bits per heavy atom. The molecule has 1 heterocycles. The molecule has 2 aromatic rings. The van der Waals surface area contributed by atoms with E-state index in [9.17, 15) is 9.59 Å². The average molecular weight is 363 g/mol. The summed E-state index contributed by atoms with van der Waals surface area (Å²) in [5.74, 6) is -0.547. The van der Waals surface area contributed by atoms with Gasteiger partial charge in [0.05, 0.1) is 6.33 Å². The number of hydrogen-bond donors (Lipinski definition) is 2. The number of hydrogen-bond acceptors (Lipinski definition) is 3. The quantitative estimate of drug-likeness (QED) is 0.794. The molecule has 0 spiro atoms. The van der Waals surface area contributed by atoms with Crippen molar-refractivity contribution < 1.29 is 9.59 Å². The Morgan fingerprint density at radius 2 is 1.84 bits per heavy atom. The summed E-state index contributed by atoms with van der Waals surface area (Å²) < 4.78 is 1.89. The molecular weight excluding hydrogens is 340 g/mol. The van der Waals surface area contributed by atoms with E-state index in [1.807, 2.05) is 31.5 Å². The van der Waals surface area contributed by atoms with Crippen molar-refractivity contribution >= 4 is 23.4 Å². The van der Waals surface area contributed by atoms with Crippen LogP contribution in [0.5, 0.6) is 0 Å². The highest BCUT2D eigenvalue weighted by molar-refractivity contribution is 6.30. The minimum Gasteiger partial charge on any atom is -0.350 e. The van der Waals surface area contributed by atoms with Gasteiger partial charge < -0.3 is 15.2 Å². The number of aromatic nitrogens is 2. The largest absolute Gasteiger partial charge is 0.350 e. The summed E-state index contributed by atoms with van der Waals surface area (Å²) in [6.45, 7) is 6.32. The Kier molecular flexibility index (Phi) is 6.58. The SMILES string of the molecule is CC(C)[C@@H](NC(=O)c1ccc(Cl)cc1)C(=O)N[C@@H](C)Cn1ccnc1. The third-order valence-corrected chi connectivity index (χ3v) is 4.03. The van der Waals surface area contributed by atoms with Gasteiger partial charge in [0.25, 0.3) is 5.91 Å². The molecule has 7 heteroatoms. The molecule has 0 aliphatic rings. The molecule has 2 N–H and O–H groups in total. The normalized spacial score (nSPS) is 13.3. The maximum absolute atomic E-state index is 12.6. The van der Waals surface area contributed by atoms with Crippen LogP contribution in [0.25, 0.3) is 0 Å². The Balaban J connectivity index is 1.97. The van der Waals surface area contributed by atoms with Crippen LogP contribution in [0.2, 0.25) is 5.02 Å². The Hall–Kier alpha value is -2.34. The number of nitrogens with zero attached hydrogens (tertiary/aromatic N) is 2. The minimum absolute atomic E-state index is 0.0447. The lowest BCUT2D eigenvalue weighted by molar-refractivity contribution is -0.124. The van der Waals surface area contributed by atoms with Crippen molar-refractivity contribution in [3.8, 4) is 0 Å². The van der Waals surface area contributed by atoms with E-state index in [4.69, 9.17) is 11.6 Å². The van der Waals surface area contributed by atoms with Crippen molar-refractivity contribution in [1.82, 2.24) is 20.2 Å². The molecule has 0 saturated carbocycles. The fourth-order valence-electron chi connectivity index (χ4n) is 2.45. The summed E-state index contributed by atoms with van der Waals surface area (Å²) in [6.07, 6.45) is 5.23. The second-order valence-electron chi connectivity index (χ2n) is 6.37. The van der Waals surface area contributed by atoms with Crippen LogP contribution in [0.4, 0.5) is 0 Å². The zero-order chi connectivity index (χ0) is 18.4. The number of carbonyl (C=O) groups excluding carboxylic acids is 2. The van der Waals surface area contributed by atoms with Crippen LogP contribution in [-0.2, 0) is 11.3 Å². The standard InChI is InChI=1S/C18H23ClN4O2/c1-12(2)16(22-17(24)14-4-6-15(19)7-5-14)18(25)21-13(3)10-23-9-8-20-11-23/h4-9,11-13,16H,10H2,1-3H3,(H,21,25)(H,22,24)/t13-,16+/m0/s1. The average Bonchev–Trinajstić information content (AvgIpc) is 3.05. The van der Waals surface area contributed by atoms with Crippen LogP contribution < -0.4 is 10.6 Å². The van der Waals surface area contributed by atoms with Crippen LogP contribution in [0, 0.1) is 5.92 Å². The van der Waals surface area contributed by atoms with Gasteiger partial charge in [0.15, 0.2) is 0 Å². The number of imidazole rings is 1. The Labute approximate surface area is 152 Å². The highest BCUT2D eigenvalue weighted by atomic mass is 35.5. The maximum Gasteiger partial charge on any atom is 0.251 e. The third-order valence-electron chi connectivity index (χ3n) is 3.77. The summed E-state index contributed by atoms with van der Waals surface area (Å²) in [7, 11) is 0. The van der Waals surface area contributed by atoms with Gasteiger partial charge in [0, 0.05) is 35.6 Å². The molecule has 2 rings (SSSR count). The molecule has 1 aromatic carbocycles. The molecule has 0 fully saturated rings. The van der Waals surface area contributed by atoms with Crippen molar-refractivity contribution in [3.05, 3.63) is 53.6 Å². The number of benzene rings is 1. The van der Waals surface area contributed by atoms with Crippen molar-refractivity contribution in [3.63, 3.8) is 0 Å². The summed E-state index contributed by atoms with van der Waals surface area (Å²) in [5, 5.41) is 6.30. The molecule has 0 unspecified atom stereocenters. The van der Waals surface area contributed by atoms with E-state index in [-0.39, 0.29) is 23.8 Å². The fraction of sp³-hybridized carbons (Fsp3) is 0.389. The van der Waals surface area contributed by atoms with Gasteiger partial charge in [0.1, 0.15) is 6.04 Å². The summed E-state index contributed by atoms with van der Waals surface area (Å²) >= 11 is 5.84. The zero-order valence-electron chi connectivity index (χ0n) is 14.6. The summed E-state index contributed by atoms with van der Waals surface area (Å²) in [4.78, 5) is 28.9. The first-order valence-electron chi connectivity index (χ1n) is 8.19. The van der Waals surface area contributed by atoms with E-state index in [0.29, 0.717) is 17.1 Å². The minimum atomic E-state index is -0.617. The summed E-state index contributed by atoms with van der Waals surface area (Å²) in [6, 6.07) is 5.86. The van der Waals surface area contributed by atoms with E-state index >= 15 is 0 Å². The van der Waals surface area contributed by atoms with Gasteiger partial charge in [-0.25, -0.2) is 4.98 Å². The molecule has 0 radical (unpaired) electrons. The van der Waals surface area contributed by atoms with Gasteiger partial charge >= 0.3 is 0 Å². The van der Waals surface area contributed by atoms with Crippen molar-refractivity contribution in [2.24, 2.45) is 5.92 Å². The number of rotatable bonds is 7. The lowest BCUT2D eigenvalue weighted by atomic mass is 10.0. The Morgan fingerprint density at radius 3 is 2.40 bits per heavy atom. The van der Waals surface area contributed by atoms with Gasteiger partial charge in [0.2, 0.25) is 5.91 Å². The number of halogens is 1. The molecule has 134 valence electrons. The maximum atomic E-state index is 12.6. The van der Waals surface area contributed by atoms with Crippen molar-refractivity contribution in [2.75, 3.05) is 0 Å². The first-order chi connectivity index (χ1) is 11.9. The third kappa shape index (κ3) is 5.60. The smallest absolute Gasteiger partial charge is 0.251 e. The second kappa shape index (κ2) is 8.67. The number of nitrogens with one attached hydrogen (secondary N) is 2. The lowest BCUT2D eigenvalue weighted by Gasteiger charge is -2.24. The predicted octanol–water partition coefficient (Wildman–Crippen LogP) is 2.50. The highest BCUT2D eigenvalue weighted by Crippen LogP contribution is 2.11. The molecule has 0 aliphatic heterocycles. The predicted molar refractivity (Wildman–Crippen MR) is 97.4 cm³/mol. The Bertz CT molecular complexity index is 698. The van der Waals surface area contributed by atoms with Gasteiger partial charge in [-0.3, -0.25) is 9.59 Å².